The van der Waals surface area contributed by atoms with Crippen LogP contribution in [0.15, 0.2) is 54.6 Å². The number of carbonyl (C=O) groups is 2. The van der Waals surface area contributed by atoms with Crippen LogP contribution in [0.5, 0.6) is 0 Å². The molecule has 0 fully saturated rings. The molecule has 1 atom stereocenters. The van der Waals surface area contributed by atoms with Crippen molar-refractivity contribution in [2.45, 2.75) is 32.8 Å². The molecule has 4 heteroatoms. The molecule has 0 N–H and O–H groups in total. The van der Waals surface area contributed by atoms with Gasteiger partial charge in [0.15, 0.2) is 0 Å². The zero-order chi connectivity index (χ0) is 17.4. The maximum absolute atomic E-state index is 11.7. The van der Waals surface area contributed by atoms with E-state index in [0.29, 0.717) is 12.8 Å². The van der Waals surface area contributed by atoms with Crippen LogP contribution in [0.25, 0.3) is 0 Å². The van der Waals surface area contributed by atoms with E-state index in [1.807, 2.05) is 54.6 Å². The average molecular weight is 326 g/mol. The third kappa shape index (κ3) is 5.54. The van der Waals surface area contributed by atoms with E-state index in [0.717, 1.165) is 16.7 Å². The number of carbonyl (C=O) groups excluding carboxylic acids is 2. The monoisotopic (exact) mass is 326 g/mol. The maximum Gasteiger partial charge on any atom is 0.508 e. The molecule has 0 aromatic heterocycles. The lowest BCUT2D eigenvalue weighted by atomic mass is 9.99. The molecule has 0 radical (unpaired) electrons. The van der Waals surface area contributed by atoms with Gasteiger partial charge in [0.1, 0.15) is 11.9 Å². The van der Waals surface area contributed by atoms with E-state index in [-0.39, 0.29) is 12.4 Å². The Bertz CT molecular complexity index is 662. The Morgan fingerprint density at radius 3 is 2.17 bits per heavy atom. The highest BCUT2D eigenvalue weighted by atomic mass is 16.7. The Hall–Kier alpha value is -2.62. The molecule has 126 valence electrons. The van der Waals surface area contributed by atoms with Gasteiger partial charge in [-0.2, -0.15) is 0 Å². The van der Waals surface area contributed by atoms with Crippen LogP contribution in [0, 0.1) is 0 Å². The first-order valence-corrected chi connectivity index (χ1v) is 8.04. The Kier molecular flexibility index (Phi) is 6.55. The molecule has 4 nitrogen and oxygen atoms in total. The van der Waals surface area contributed by atoms with Crippen LogP contribution in [-0.2, 0) is 27.1 Å². The molecule has 2 rings (SSSR count). The lowest BCUT2D eigenvalue weighted by Crippen LogP contribution is -2.15. The van der Waals surface area contributed by atoms with Crippen LogP contribution in [0.2, 0.25) is 0 Å². The van der Waals surface area contributed by atoms with Gasteiger partial charge in [0.25, 0.3) is 0 Å². The van der Waals surface area contributed by atoms with E-state index in [9.17, 15) is 9.59 Å². The van der Waals surface area contributed by atoms with Gasteiger partial charge in [-0.15, -0.1) is 0 Å². The van der Waals surface area contributed by atoms with Gasteiger partial charge in [0, 0.05) is 12.8 Å². The minimum atomic E-state index is -0.667. The predicted molar refractivity (Wildman–Crippen MR) is 91.8 cm³/mol. The van der Waals surface area contributed by atoms with E-state index >= 15 is 0 Å². The summed E-state index contributed by atoms with van der Waals surface area (Å²) in [5.41, 5.74) is 2.92. The summed E-state index contributed by atoms with van der Waals surface area (Å²) in [6, 6.07) is 17.4. The van der Waals surface area contributed by atoms with Crippen LogP contribution in [0.1, 0.15) is 36.6 Å². The summed E-state index contributed by atoms with van der Waals surface area (Å²) >= 11 is 0. The first kappa shape index (κ1) is 17.7. The quantitative estimate of drug-likeness (QED) is 0.713. The van der Waals surface area contributed by atoms with Gasteiger partial charge in [-0.3, -0.25) is 4.79 Å². The summed E-state index contributed by atoms with van der Waals surface area (Å²) in [4.78, 5) is 22.9. The lowest BCUT2D eigenvalue weighted by Gasteiger charge is -2.18. The Morgan fingerprint density at radius 1 is 0.958 bits per heavy atom. The van der Waals surface area contributed by atoms with E-state index in [2.05, 4.69) is 0 Å². The second-order valence-electron chi connectivity index (χ2n) is 5.60. The van der Waals surface area contributed by atoms with Crippen molar-refractivity contribution in [2.75, 3.05) is 6.61 Å². The summed E-state index contributed by atoms with van der Waals surface area (Å²) in [5.74, 6) is 0.135. The van der Waals surface area contributed by atoms with Gasteiger partial charge in [-0.05, 0) is 30.5 Å². The van der Waals surface area contributed by atoms with E-state index in [1.165, 1.54) is 0 Å². The van der Waals surface area contributed by atoms with Crippen LogP contribution < -0.4 is 0 Å². The molecule has 1 unspecified atom stereocenters. The van der Waals surface area contributed by atoms with E-state index in [4.69, 9.17) is 9.47 Å². The summed E-state index contributed by atoms with van der Waals surface area (Å²) in [6.07, 6.45) is -0.103. The Morgan fingerprint density at radius 2 is 1.58 bits per heavy atom. The second kappa shape index (κ2) is 8.87. The van der Waals surface area contributed by atoms with Gasteiger partial charge in [0.05, 0.1) is 6.61 Å². The fourth-order valence-corrected chi connectivity index (χ4v) is 2.46. The first-order valence-electron chi connectivity index (χ1n) is 8.04. The molecule has 2 aromatic carbocycles. The van der Waals surface area contributed by atoms with Crippen molar-refractivity contribution in [3.63, 3.8) is 0 Å². The Balaban J connectivity index is 2.12. The summed E-state index contributed by atoms with van der Waals surface area (Å²) in [7, 11) is 0. The van der Waals surface area contributed by atoms with Crippen LogP contribution in [-0.4, -0.2) is 18.5 Å². The normalized spacial score (nSPS) is 11.6. The zero-order valence-corrected chi connectivity index (χ0v) is 14.0. The van der Waals surface area contributed by atoms with Gasteiger partial charge >= 0.3 is 6.16 Å². The summed E-state index contributed by atoms with van der Waals surface area (Å²) in [5, 5.41) is 0. The highest BCUT2D eigenvalue weighted by Gasteiger charge is 2.18. The molecule has 24 heavy (non-hydrogen) atoms. The van der Waals surface area contributed by atoms with Crippen LogP contribution >= 0.6 is 0 Å². The predicted octanol–water partition coefficient (Wildman–Crippen LogP) is 4.28. The smallest absolute Gasteiger partial charge is 0.435 e. The van der Waals surface area contributed by atoms with Crippen molar-refractivity contribution in [1.29, 1.82) is 0 Å². The van der Waals surface area contributed by atoms with Gasteiger partial charge in [0.2, 0.25) is 0 Å². The fourth-order valence-electron chi connectivity index (χ4n) is 2.46. The van der Waals surface area contributed by atoms with Crippen molar-refractivity contribution in [3.05, 3.63) is 71.3 Å². The van der Waals surface area contributed by atoms with Gasteiger partial charge < -0.3 is 9.47 Å². The molecule has 0 aliphatic heterocycles. The van der Waals surface area contributed by atoms with Gasteiger partial charge in [-0.1, -0.05) is 54.6 Å². The number of ether oxygens (including phenoxy) is 2. The molecule has 0 saturated carbocycles. The molecule has 0 bridgehead atoms. The van der Waals surface area contributed by atoms with Crippen molar-refractivity contribution in [1.82, 2.24) is 0 Å². The van der Waals surface area contributed by atoms with Crippen LogP contribution in [0.3, 0.4) is 0 Å². The third-order valence-electron chi connectivity index (χ3n) is 3.57. The average Bonchev–Trinajstić information content (AvgIpc) is 2.56. The summed E-state index contributed by atoms with van der Waals surface area (Å²) in [6.45, 7) is 3.60. The van der Waals surface area contributed by atoms with Crippen LogP contribution in [0.4, 0.5) is 4.79 Å². The van der Waals surface area contributed by atoms with E-state index < -0.39 is 12.3 Å². The number of ketones is 1. The first-order chi connectivity index (χ1) is 11.6. The van der Waals surface area contributed by atoms with Gasteiger partial charge in [-0.25, -0.2) is 4.79 Å². The molecule has 2 aromatic rings. The van der Waals surface area contributed by atoms with Crippen molar-refractivity contribution >= 4 is 11.9 Å². The minimum absolute atomic E-state index is 0.135. The molecule has 0 aliphatic rings. The number of Topliss-reactive ketones (excluding diaryl/α,β-unsaturated/α-hetero) is 1. The highest BCUT2D eigenvalue weighted by molar-refractivity contribution is 5.78. The highest BCUT2D eigenvalue weighted by Crippen LogP contribution is 2.23. The standard InChI is InChI=1S/C20H22O4/c1-3-23-20(22)24-19(18-7-5-4-6-8-18)14-17-11-9-16(10-12-17)13-15(2)21/h4-12,19H,3,13-14H2,1-2H3. The number of rotatable bonds is 7. The lowest BCUT2D eigenvalue weighted by molar-refractivity contribution is -0.116. The summed E-state index contributed by atoms with van der Waals surface area (Å²) < 4.78 is 10.4. The fraction of sp³-hybridized carbons (Fsp3) is 0.300. The molecule has 0 amide bonds. The van der Waals surface area contributed by atoms with Crippen molar-refractivity contribution in [3.8, 4) is 0 Å². The topological polar surface area (TPSA) is 52.6 Å². The number of hydrogen-bond acceptors (Lipinski definition) is 4. The molecular formula is C20H22O4. The third-order valence-corrected chi connectivity index (χ3v) is 3.57. The number of benzene rings is 2. The molecular weight excluding hydrogens is 304 g/mol. The Labute approximate surface area is 142 Å². The molecule has 0 heterocycles. The van der Waals surface area contributed by atoms with E-state index in [1.54, 1.807) is 13.8 Å². The minimum Gasteiger partial charge on any atom is -0.435 e. The SMILES string of the molecule is CCOC(=O)OC(Cc1ccc(CC(C)=O)cc1)c1ccccc1. The van der Waals surface area contributed by atoms with Crippen molar-refractivity contribution < 1.29 is 19.1 Å². The maximum atomic E-state index is 11.7. The zero-order valence-electron chi connectivity index (χ0n) is 14.0. The number of hydrogen-bond donors (Lipinski definition) is 0. The largest absolute Gasteiger partial charge is 0.508 e. The molecule has 0 saturated heterocycles. The molecule has 0 aliphatic carbocycles. The molecule has 0 spiro atoms. The second-order valence-corrected chi connectivity index (χ2v) is 5.60. The van der Waals surface area contributed by atoms with Crippen molar-refractivity contribution in [2.24, 2.45) is 0 Å².